The first-order chi connectivity index (χ1) is 12.7. The number of para-hydroxylation sites is 1. The molecule has 3 aliphatic rings. The van der Waals surface area contributed by atoms with Crippen molar-refractivity contribution in [1.29, 1.82) is 0 Å². The first kappa shape index (κ1) is 17.2. The van der Waals surface area contributed by atoms with Crippen molar-refractivity contribution in [2.24, 2.45) is 11.8 Å². The summed E-state index contributed by atoms with van der Waals surface area (Å²) < 4.78 is 5.82. The molecule has 2 saturated heterocycles. The van der Waals surface area contributed by atoms with Gasteiger partial charge in [0.05, 0.1) is 13.1 Å². The number of likely N-dealkylation sites (tertiary alicyclic amines) is 2. The first-order valence-corrected chi connectivity index (χ1v) is 9.72. The number of nitrogens with one attached hydrogen (secondary N) is 1. The van der Waals surface area contributed by atoms with E-state index in [0.717, 1.165) is 44.5 Å². The van der Waals surface area contributed by atoms with Gasteiger partial charge in [0.2, 0.25) is 5.91 Å². The molecule has 3 amide bonds. The van der Waals surface area contributed by atoms with E-state index >= 15 is 0 Å². The van der Waals surface area contributed by atoms with Crippen molar-refractivity contribution in [2.75, 3.05) is 32.7 Å². The number of nitrogens with zero attached hydrogens (tertiary/aromatic N) is 2. The fraction of sp³-hybridized carbons (Fsp3) is 0.600. The number of carbonyl (C=O) groups is 2. The molecule has 6 nitrogen and oxygen atoms in total. The molecule has 1 aliphatic carbocycles. The summed E-state index contributed by atoms with van der Waals surface area (Å²) >= 11 is 0. The van der Waals surface area contributed by atoms with Crippen LogP contribution >= 0.6 is 0 Å². The van der Waals surface area contributed by atoms with Gasteiger partial charge in [0.1, 0.15) is 11.9 Å². The second-order valence-electron chi connectivity index (χ2n) is 7.69. The highest BCUT2D eigenvalue weighted by Crippen LogP contribution is 2.32. The molecule has 3 fully saturated rings. The molecule has 0 spiro atoms. The van der Waals surface area contributed by atoms with Crippen molar-refractivity contribution in [2.45, 2.75) is 31.8 Å². The van der Waals surface area contributed by atoms with Gasteiger partial charge >= 0.3 is 6.03 Å². The van der Waals surface area contributed by atoms with Crippen LogP contribution in [0.15, 0.2) is 30.3 Å². The lowest BCUT2D eigenvalue weighted by atomic mass is 9.96. The van der Waals surface area contributed by atoms with E-state index in [9.17, 15) is 9.59 Å². The van der Waals surface area contributed by atoms with Crippen LogP contribution in [-0.2, 0) is 4.79 Å². The van der Waals surface area contributed by atoms with Crippen LogP contribution in [0.25, 0.3) is 0 Å². The quantitative estimate of drug-likeness (QED) is 0.878. The van der Waals surface area contributed by atoms with Crippen molar-refractivity contribution < 1.29 is 14.3 Å². The molecule has 4 rings (SSSR count). The molecule has 1 aromatic rings. The molecule has 2 heterocycles. The number of amides is 3. The first-order valence-electron chi connectivity index (χ1n) is 9.72. The van der Waals surface area contributed by atoms with Crippen LogP contribution in [0, 0.1) is 11.8 Å². The third-order valence-corrected chi connectivity index (χ3v) is 5.58. The molecule has 6 heteroatoms. The van der Waals surface area contributed by atoms with E-state index in [0.29, 0.717) is 37.4 Å². The number of urea groups is 1. The zero-order valence-corrected chi connectivity index (χ0v) is 15.1. The van der Waals surface area contributed by atoms with Gasteiger partial charge in [-0.25, -0.2) is 4.79 Å². The van der Waals surface area contributed by atoms with Gasteiger partial charge < -0.3 is 19.9 Å². The van der Waals surface area contributed by atoms with Crippen LogP contribution in [0.3, 0.4) is 0 Å². The number of carbonyl (C=O) groups excluding carboxylic acids is 2. The Morgan fingerprint density at radius 2 is 1.69 bits per heavy atom. The molecule has 26 heavy (non-hydrogen) atoms. The Bertz CT molecular complexity index is 633. The Kier molecular flexibility index (Phi) is 5.00. The highest BCUT2D eigenvalue weighted by atomic mass is 16.5. The van der Waals surface area contributed by atoms with Gasteiger partial charge in [0, 0.05) is 25.6 Å². The lowest BCUT2D eigenvalue weighted by molar-refractivity contribution is -0.133. The molecule has 0 unspecified atom stereocenters. The zero-order valence-electron chi connectivity index (χ0n) is 15.1. The van der Waals surface area contributed by atoms with Crippen LogP contribution in [0.4, 0.5) is 4.79 Å². The summed E-state index contributed by atoms with van der Waals surface area (Å²) in [5.74, 6) is 1.98. The van der Waals surface area contributed by atoms with Gasteiger partial charge in [-0.1, -0.05) is 18.2 Å². The second-order valence-corrected chi connectivity index (χ2v) is 7.69. The average Bonchev–Trinajstić information content (AvgIpc) is 3.48. The Hall–Kier alpha value is -2.24. The lowest BCUT2D eigenvalue weighted by Gasteiger charge is -2.39. The Balaban J connectivity index is 1.12. The number of ether oxygens (including phenoxy) is 1. The van der Waals surface area contributed by atoms with Gasteiger partial charge in [-0.3, -0.25) is 4.79 Å². The molecular weight excluding hydrogens is 330 g/mol. The summed E-state index contributed by atoms with van der Waals surface area (Å²) in [6, 6.07) is 9.71. The Morgan fingerprint density at radius 3 is 2.35 bits per heavy atom. The molecule has 0 bridgehead atoms. The monoisotopic (exact) mass is 357 g/mol. The fourth-order valence-corrected chi connectivity index (χ4v) is 3.66. The molecule has 0 atom stereocenters. The summed E-state index contributed by atoms with van der Waals surface area (Å²) in [6.07, 6.45) is 4.19. The van der Waals surface area contributed by atoms with Crippen molar-refractivity contribution in [3.05, 3.63) is 30.3 Å². The number of hydrogen-bond donors (Lipinski definition) is 1. The summed E-state index contributed by atoms with van der Waals surface area (Å²) in [4.78, 5) is 28.1. The normalized spacial score (nSPS) is 21.2. The SMILES string of the molecule is O=C(NCC1CCN(C(=O)C2CC2)CC1)N1CC(Oc2ccccc2)C1. The molecule has 2 aliphatic heterocycles. The van der Waals surface area contributed by atoms with E-state index in [1.807, 2.05) is 35.2 Å². The molecular formula is C20H27N3O3. The van der Waals surface area contributed by atoms with Gasteiger partial charge in [0.15, 0.2) is 0 Å². The van der Waals surface area contributed by atoms with Crippen molar-refractivity contribution in [3.8, 4) is 5.75 Å². The van der Waals surface area contributed by atoms with E-state index < -0.39 is 0 Å². The lowest BCUT2D eigenvalue weighted by Crippen LogP contribution is -2.59. The zero-order chi connectivity index (χ0) is 17.9. The van der Waals surface area contributed by atoms with E-state index in [4.69, 9.17) is 4.74 Å². The molecule has 0 aromatic heterocycles. The molecule has 140 valence electrons. The Morgan fingerprint density at radius 1 is 1.00 bits per heavy atom. The summed E-state index contributed by atoms with van der Waals surface area (Å²) in [5.41, 5.74) is 0. The van der Waals surface area contributed by atoms with Crippen LogP contribution < -0.4 is 10.1 Å². The number of benzene rings is 1. The molecule has 1 N–H and O–H groups in total. The molecule has 0 radical (unpaired) electrons. The van der Waals surface area contributed by atoms with Gasteiger partial charge in [-0.15, -0.1) is 0 Å². The maximum Gasteiger partial charge on any atom is 0.317 e. The number of hydrogen-bond acceptors (Lipinski definition) is 3. The topological polar surface area (TPSA) is 61.9 Å². The summed E-state index contributed by atoms with van der Waals surface area (Å²) in [6.45, 7) is 3.65. The van der Waals surface area contributed by atoms with Gasteiger partial charge in [-0.2, -0.15) is 0 Å². The van der Waals surface area contributed by atoms with Crippen molar-refractivity contribution in [3.63, 3.8) is 0 Å². The largest absolute Gasteiger partial charge is 0.487 e. The predicted molar refractivity (Wildman–Crippen MR) is 97.9 cm³/mol. The minimum absolute atomic E-state index is 0.00519. The highest BCUT2D eigenvalue weighted by Gasteiger charge is 2.35. The van der Waals surface area contributed by atoms with Gasteiger partial charge in [0.25, 0.3) is 0 Å². The van der Waals surface area contributed by atoms with Crippen LogP contribution in [0.5, 0.6) is 5.75 Å². The van der Waals surface area contributed by atoms with Crippen LogP contribution in [0.1, 0.15) is 25.7 Å². The molecule has 1 aromatic carbocycles. The minimum Gasteiger partial charge on any atom is -0.487 e. The maximum atomic E-state index is 12.2. The predicted octanol–water partition coefficient (Wildman–Crippen LogP) is 2.11. The van der Waals surface area contributed by atoms with Crippen LogP contribution in [-0.4, -0.2) is 60.6 Å². The standard InChI is InChI=1S/C20H27N3O3/c24-19(16-6-7-16)22-10-8-15(9-11-22)12-21-20(25)23-13-18(14-23)26-17-4-2-1-3-5-17/h1-5,15-16,18H,6-14H2,(H,21,25). The fourth-order valence-electron chi connectivity index (χ4n) is 3.66. The number of piperidine rings is 1. The van der Waals surface area contributed by atoms with E-state index in [-0.39, 0.29) is 12.1 Å². The third-order valence-electron chi connectivity index (χ3n) is 5.58. The maximum absolute atomic E-state index is 12.2. The van der Waals surface area contributed by atoms with Crippen LogP contribution in [0.2, 0.25) is 0 Å². The summed E-state index contributed by atoms with van der Waals surface area (Å²) in [7, 11) is 0. The summed E-state index contributed by atoms with van der Waals surface area (Å²) in [5, 5.41) is 3.05. The molecule has 1 saturated carbocycles. The van der Waals surface area contributed by atoms with Crippen molar-refractivity contribution in [1.82, 2.24) is 15.1 Å². The average molecular weight is 357 g/mol. The number of rotatable bonds is 5. The van der Waals surface area contributed by atoms with Crippen molar-refractivity contribution >= 4 is 11.9 Å². The van der Waals surface area contributed by atoms with E-state index in [1.165, 1.54) is 0 Å². The van der Waals surface area contributed by atoms with Gasteiger partial charge in [-0.05, 0) is 43.7 Å². The third kappa shape index (κ3) is 4.11. The van der Waals surface area contributed by atoms with E-state index in [2.05, 4.69) is 5.32 Å². The Labute approximate surface area is 154 Å². The minimum atomic E-state index is -0.00519. The highest BCUT2D eigenvalue weighted by molar-refractivity contribution is 5.81. The smallest absolute Gasteiger partial charge is 0.317 e. The second kappa shape index (κ2) is 7.56. The van der Waals surface area contributed by atoms with E-state index in [1.54, 1.807) is 4.90 Å².